The molecule has 110 valence electrons. The van der Waals surface area contributed by atoms with Crippen LogP contribution in [0.1, 0.15) is 38.4 Å². The van der Waals surface area contributed by atoms with E-state index in [9.17, 15) is 14.7 Å². The number of hydrogen-bond acceptors (Lipinski definition) is 3. The topological polar surface area (TPSA) is 79.3 Å². The van der Waals surface area contributed by atoms with Crippen molar-refractivity contribution in [3.05, 3.63) is 29.6 Å². The SMILES string of the molecule is Cc1ccc(CNC(=O)CC(C)(C(=O)O)C(C)C)cn1. The first kappa shape index (κ1) is 16.1. The van der Waals surface area contributed by atoms with Crippen molar-refractivity contribution in [3.63, 3.8) is 0 Å². The van der Waals surface area contributed by atoms with Crippen molar-refractivity contribution >= 4 is 11.9 Å². The Bertz CT molecular complexity index is 482. The first-order valence-electron chi connectivity index (χ1n) is 6.67. The smallest absolute Gasteiger partial charge is 0.310 e. The standard InChI is InChI=1S/C15H22N2O3/c1-10(2)15(4,14(19)20)7-13(18)17-9-12-6-5-11(3)16-8-12/h5-6,8,10H,7,9H2,1-4H3,(H,17,18)(H,19,20). The summed E-state index contributed by atoms with van der Waals surface area (Å²) in [6, 6.07) is 3.76. The molecule has 0 aliphatic heterocycles. The Labute approximate surface area is 119 Å². The van der Waals surface area contributed by atoms with Crippen LogP contribution in [0, 0.1) is 18.3 Å². The van der Waals surface area contributed by atoms with Gasteiger partial charge in [-0.25, -0.2) is 0 Å². The molecule has 0 saturated heterocycles. The third-order valence-corrected chi connectivity index (χ3v) is 3.75. The van der Waals surface area contributed by atoms with Gasteiger partial charge in [-0.15, -0.1) is 0 Å². The second kappa shape index (κ2) is 6.50. The molecule has 0 fully saturated rings. The minimum Gasteiger partial charge on any atom is -0.481 e. The van der Waals surface area contributed by atoms with Gasteiger partial charge in [0.2, 0.25) is 5.91 Å². The minimum atomic E-state index is -1.05. The number of aryl methyl sites for hydroxylation is 1. The van der Waals surface area contributed by atoms with Crippen LogP contribution in [0.4, 0.5) is 0 Å². The van der Waals surface area contributed by atoms with E-state index in [0.29, 0.717) is 6.54 Å². The van der Waals surface area contributed by atoms with Crippen LogP contribution >= 0.6 is 0 Å². The molecular formula is C15H22N2O3. The van der Waals surface area contributed by atoms with E-state index < -0.39 is 11.4 Å². The molecule has 1 atom stereocenters. The third-order valence-electron chi connectivity index (χ3n) is 3.75. The van der Waals surface area contributed by atoms with E-state index in [1.807, 2.05) is 32.9 Å². The summed E-state index contributed by atoms with van der Waals surface area (Å²) in [6.07, 6.45) is 1.67. The van der Waals surface area contributed by atoms with Crippen molar-refractivity contribution in [2.45, 2.75) is 40.7 Å². The van der Waals surface area contributed by atoms with E-state index in [2.05, 4.69) is 10.3 Å². The highest BCUT2D eigenvalue weighted by molar-refractivity contribution is 5.84. The summed E-state index contributed by atoms with van der Waals surface area (Å²) in [4.78, 5) is 27.4. The van der Waals surface area contributed by atoms with Crippen LogP contribution in [-0.4, -0.2) is 22.0 Å². The van der Waals surface area contributed by atoms with Crippen molar-refractivity contribution in [1.82, 2.24) is 10.3 Å². The zero-order valence-electron chi connectivity index (χ0n) is 12.4. The Balaban J connectivity index is 2.59. The Morgan fingerprint density at radius 3 is 2.50 bits per heavy atom. The van der Waals surface area contributed by atoms with Gasteiger partial charge in [-0.3, -0.25) is 14.6 Å². The molecule has 20 heavy (non-hydrogen) atoms. The summed E-state index contributed by atoms with van der Waals surface area (Å²) in [6.45, 7) is 7.48. The largest absolute Gasteiger partial charge is 0.481 e. The van der Waals surface area contributed by atoms with Crippen LogP contribution in [0.3, 0.4) is 0 Å². The molecule has 1 amide bonds. The molecule has 1 aromatic rings. The van der Waals surface area contributed by atoms with Gasteiger partial charge < -0.3 is 10.4 Å². The average molecular weight is 278 g/mol. The quantitative estimate of drug-likeness (QED) is 0.835. The third kappa shape index (κ3) is 4.05. The van der Waals surface area contributed by atoms with E-state index in [0.717, 1.165) is 11.3 Å². The fourth-order valence-electron chi connectivity index (χ4n) is 1.73. The maximum Gasteiger partial charge on any atom is 0.310 e. The number of carboxylic acids is 1. The number of amides is 1. The van der Waals surface area contributed by atoms with Crippen molar-refractivity contribution < 1.29 is 14.7 Å². The van der Waals surface area contributed by atoms with Crippen LogP contribution in [-0.2, 0) is 16.1 Å². The van der Waals surface area contributed by atoms with Crippen LogP contribution in [0.2, 0.25) is 0 Å². The monoisotopic (exact) mass is 278 g/mol. The minimum absolute atomic E-state index is 0.0285. The first-order valence-corrected chi connectivity index (χ1v) is 6.67. The number of rotatable bonds is 6. The predicted octanol–water partition coefficient (Wildman–Crippen LogP) is 2.14. The maximum atomic E-state index is 11.9. The van der Waals surface area contributed by atoms with Crippen molar-refractivity contribution in [1.29, 1.82) is 0 Å². The number of carboxylic acid groups (broad SMARTS) is 1. The molecule has 0 aromatic carbocycles. The van der Waals surface area contributed by atoms with Gasteiger partial charge in [-0.2, -0.15) is 0 Å². The number of nitrogens with zero attached hydrogens (tertiary/aromatic N) is 1. The Morgan fingerprint density at radius 2 is 2.05 bits per heavy atom. The van der Waals surface area contributed by atoms with Gasteiger partial charge >= 0.3 is 5.97 Å². The van der Waals surface area contributed by atoms with Crippen molar-refractivity contribution in [2.75, 3.05) is 0 Å². The predicted molar refractivity (Wildman–Crippen MR) is 76.0 cm³/mol. The molecular weight excluding hydrogens is 256 g/mol. The van der Waals surface area contributed by atoms with Gasteiger partial charge in [0.25, 0.3) is 0 Å². The average Bonchev–Trinajstić information content (AvgIpc) is 2.37. The molecule has 1 heterocycles. The number of carbonyl (C=O) groups excluding carboxylic acids is 1. The summed E-state index contributed by atoms with van der Waals surface area (Å²) in [5, 5.41) is 12.0. The van der Waals surface area contributed by atoms with E-state index in [1.165, 1.54) is 0 Å². The maximum absolute atomic E-state index is 11.9. The van der Waals surface area contributed by atoms with Crippen LogP contribution in [0.5, 0.6) is 0 Å². The molecule has 0 radical (unpaired) electrons. The molecule has 0 aliphatic carbocycles. The van der Waals surface area contributed by atoms with Crippen molar-refractivity contribution in [3.8, 4) is 0 Å². The zero-order chi connectivity index (χ0) is 15.3. The molecule has 0 bridgehead atoms. The van der Waals surface area contributed by atoms with E-state index in [1.54, 1.807) is 13.1 Å². The summed E-state index contributed by atoms with van der Waals surface area (Å²) in [7, 11) is 0. The molecule has 5 heteroatoms. The normalized spacial score (nSPS) is 13.8. The van der Waals surface area contributed by atoms with E-state index >= 15 is 0 Å². The van der Waals surface area contributed by atoms with Crippen LogP contribution in [0.15, 0.2) is 18.3 Å². The lowest BCUT2D eigenvalue weighted by atomic mass is 9.76. The highest BCUT2D eigenvalue weighted by atomic mass is 16.4. The van der Waals surface area contributed by atoms with Gasteiger partial charge in [-0.05, 0) is 31.4 Å². The lowest BCUT2D eigenvalue weighted by Crippen LogP contribution is -2.39. The summed E-state index contributed by atoms with van der Waals surface area (Å²) < 4.78 is 0. The molecule has 1 aromatic heterocycles. The zero-order valence-corrected chi connectivity index (χ0v) is 12.4. The highest BCUT2D eigenvalue weighted by Gasteiger charge is 2.38. The summed E-state index contributed by atoms with van der Waals surface area (Å²) in [5.41, 5.74) is 0.763. The highest BCUT2D eigenvalue weighted by Crippen LogP contribution is 2.31. The Morgan fingerprint density at radius 1 is 1.40 bits per heavy atom. The lowest BCUT2D eigenvalue weighted by Gasteiger charge is -2.28. The van der Waals surface area contributed by atoms with E-state index in [4.69, 9.17) is 0 Å². The van der Waals surface area contributed by atoms with Gasteiger partial charge in [-0.1, -0.05) is 19.9 Å². The number of carbonyl (C=O) groups is 2. The number of hydrogen-bond donors (Lipinski definition) is 2. The molecule has 2 N–H and O–H groups in total. The summed E-state index contributed by atoms with van der Waals surface area (Å²) in [5.74, 6) is -1.32. The second-order valence-corrected chi connectivity index (χ2v) is 5.64. The molecule has 0 spiro atoms. The molecule has 0 aliphatic rings. The molecule has 0 saturated carbocycles. The number of nitrogens with one attached hydrogen (secondary N) is 1. The van der Waals surface area contributed by atoms with Gasteiger partial charge in [0, 0.05) is 24.9 Å². The van der Waals surface area contributed by atoms with Crippen molar-refractivity contribution in [2.24, 2.45) is 11.3 Å². The molecule has 1 unspecified atom stereocenters. The first-order chi connectivity index (χ1) is 9.25. The number of pyridine rings is 1. The number of aliphatic carboxylic acids is 1. The Hall–Kier alpha value is -1.91. The summed E-state index contributed by atoms with van der Waals surface area (Å²) >= 11 is 0. The fourth-order valence-corrected chi connectivity index (χ4v) is 1.73. The second-order valence-electron chi connectivity index (χ2n) is 5.64. The van der Waals surface area contributed by atoms with Gasteiger partial charge in [0.1, 0.15) is 0 Å². The van der Waals surface area contributed by atoms with E-state index in [-0.39, 0.29) is 18.2 Å². The molecule has 1 rings (SSSR count). The van der Waals surface area contributed by atoms with Crippen LogP contribution < -0.4 is 5.32 Å². The Kier molecular flexibility index (Phi) is 5.25. The lowest BCUT2D eigenvalue weighted by molar-refractivity contribution is -0.153. The van der Waals surface area contributed by atoms with Gasteiger partial charge in [0.05, 0.1) is 5.41 Å². The van der Waals surface area contributed by atoms with Crippen LogP contribution in [0.25, 0.3) is 0 Å². The fraction of sp³-hybridized carbons (Fsp3) is 0.533. The molecule has 5 nitrogen and oxygen atoms in total. The van der Waals surface area contributed by atoms with Gasteiger partial charge in [0.15, 0.2) is 0 Å². The number of aromatic nitrogens is 1.